The van der Waals surface area contributed by atoms with Gasteiger partial charge in [-0.2, -0.15) is 13.2 Å². The number of amides is 1. The molecule has 0 aliphatic heterocycles. The van der Waals surface area contributed by atoms with Crippen molar-refractivity contribution in [3.05, 3.63) is 101 Å². The highest BCUT2D eigenvalue weighted by atomic mass is 19.4. The van der Waals surface area contributed by atoms with Crippen LogP contribution in [0.3, 0.4) is 0 Å². The minimum atomic E-state index is -4.42. The molecule has 0 aliphatic rings. The van der Waals surface area contributed by atoms with E-state index >= 15 is 0 Å². The van der Waals surface area contributed by atoms with Crippen LogP contribution in [0.5, 0.6) is 0 Å². The molecule has 3 rings (SSSR count). The van der Waals surface area contributed by atoms with Gasteiger partial charge in [0.15, 0.2) is 0 Å². The number of nitrogens with two attached hydrogens (primary N) is 1. The Hall–Kier alpha value is -4.14. The molecule has 0 fully saturated rings. The van der Waals surface area contributed by atoms with Crippen molar-refractivity contribution in [1.29, 1.82) is 0 Å². The highest BCUT2D eigenvalue weighted by molar-refractivity contribution is 6.25. The fraction of sp³-hybridized carbons (Fsp3) is 0.160. The number of nitrogens with one attached hydrogen (secondary N) is 1. The zero-order chi connectivity index (χ0) is 24.9. The van der Waals surface area contributed by atoms with Crippen LogP contribution in [0.15, 0.2) is 73.1 Å². The molecule has 0 saturated heterocycles. The quantitative estimate of drug-likeness (QED) is 0.431. The maximum Gasteiger partial charge on any atom is 0.416 e. The number of benzene rings is 2. The van der Waals surface area contributed by atoms with Gasteiger partial charge in [0.2, 0.25) is 0 Å². The van der Waals surface area contributed by atoms with E-state index in [1.807, 2.05) is 0 Å². The minimum Gasteiger partial charge on any atom is -0.481 e. The highest BCUT2D eigenvalue weighted by Crippen LogP contribution is 2.30. The normalized spacial score (nSPS) is 12.8. The van der Waals surface area contributed by atoms with Gasteiger partial charge in [0.25, 0.3) is 5.91 Å². The number of rotatable bonds is 7. The first-order chi connectivity index (χ1) is 16.1. The summed E-state index contributed by atoms with van der Waals surface area (Å²) in [6, 6.07) is 14.5. The van der Waals surface area contributed by atoms with E-state index in [1.165, 1.54) is 18.3 Å². The number of aromatic nitrogens is 1. The summed E-state index contributed by atoms with van der Waals surface area (Å²) in [5.41, 5.74) is 7.63. The monoisotopic (exact) mass is 469 g/mol. The molecule has 0 aliphatic carbocycles. The van der Waals surface area contributed by atoms with Gasteiger partial charge in [-0.15, -0.1) is 0 Å². The van der Waals surface area contributed by atoms with E-state index in [2.05, 4.69) is 10.3 Å². The molecule has 2 aromatic carbocycles. The molecule has 3 aromatic rings. The Morgan fingerprint density at radius 2 is 1.74 bits per heavy atom. The first-order valence-electron chi connectivity index (χ1n) is 10.3. The lowest BCUT2D eigenvalue weighted by atomic mass is 9.98. The third-order valence-corrected chi connectivity index (χ3v) is 5.27. The lowest BCUT2D eigenvalue weighted by Crippen LogP contribution is -2.17. The Kier molecular flexibility index (Phi) is 7.35. The van der Waals surface area contributed by atoms with Crippen LogP contribution in [-0.2, 0) is 22.2 Å². The standard InChI is InChI=1S/C25H22F3N3O3/c1-15(24(33)34)17-6-10-20(11-7-17)31-23(32)21(14-29)22-18(3-2-12-30-22)13-16-4-8-19(9-5-16)25(26,27)28/h2-12,14-15H,13,29H2,1H3,(H,31,32)(H,33,34)/b21-14+. The molecule has 0 radical (unpaired) electrons. The van der Waals surface area contributed by atoms with Crippen LogP contribution >= 0.6 is 0 Å². The Bertz CT molecular complexity index is 1200. The van der Waals surface area contributed by atoms with Crippen molar-refractivity contribution in [1.82, 2.24) is 4.98 Å². The summed E-state index contributed by atoms with van der Waals surface area (Å²) < 4.78 is 38.5. The van der Waals surface area contributed by atoms with Crippen LogP contribution in [0.1, 0.15) is 40.8 Å². The van der Waals surface area contributed by atoms with Crippen molar-refractivity contribution >= 4 is 23.1 Å². The van der Waals surface area contributed by atoms with E-state index in [1.54, 1.807) is 43.3 Å². The molecule has 0 spiro atoms. The average Bonchev–Trinajstić information content (AvgIpc) is 2.80. The first kappa shape index (κ1) is 24.5. The van der Waals surface area contributed by atoms with Crippen molar-refractivity contribution in [2.24, 2.45) is 5.73 Å². The molecule has 0 saturated carbocycles. The molecule has 6 nitrogen and oxygen atoms in total. The molecule has 9 heteroatoms. The lowest BCUT2D eigenvalue weighted by molar-refractivity contribution is -0.138. The van der Waals surface area contributed by atoms with Gasteiger partial charge in [-0.05, 0) is 60.4 Å². The van der Waals surface area contributed by atoms with Gasteiger partial charge in [-0.3, -0.25) is 14.6 Å². The number of aliphatic carboxylic acids is 1. The number of carboxylic acid groups (broad SMARTS) is 1. The van der Waals surface area contributed by atoms with Gasteiger partial charge < -0.3 is 16.2 Å². The van der Waals surface area contributed by atoms with Crippen molar-refractivity contribution < 1.29 is 27.9 Å². The number of halogens is 3. The third kappa shape index (κ3) is 5.80. The van der Waals surface area contributed by atoms with Gasteiger partial charge in [-0.1, -0.05) is 30.3 Å². The Labute approximate surface area is 193 Å². The smallest absolute Gasteiger partial charge is 0.416 e. The van der Waals surface area contributed by atoms with Crippen LogP contribution in [-0.4, -0.2) is 22.0 Å². The maximum atomic E-state index is 12.9. The molecule has 0 bridgehead atoms. The molecule has 34 heavy (non-hydrogen) atoms. The van der Waals surface area contributed by atoms with E-state index in [0.29, 0.717) is 28.1 Å². The van der Waals surface area contributed by atoms with Crippen LogP contribution in [0.25, 0.3) is 5.57 Å². The van der Waals surface area contributed by atoms with Gasteiger partial charge in [0.1, 0.15) is 0 Å². The van der Waals surface area contributed by atoms with Crippen LogP contribution in [0.4, 0.5) is 18.9 Å². The number of carbonyl (C=O) groups is 2. The molecule has 1 atom stereocenters. The summed E-state index contributed by atoms with van der Waals surface area (Å²) in [5.74, 6) is -2.18. The number of anilines is 1. The summed E-state index contributed by atoms with van der Waals surface area (Å²) in [4.78, 5) is 28.3. The van der Waals surface area contributed by atoms with E-state index in [0.717, 1.165) is 18.3 Å². The second kappa shape index (κ2) is 10.2. The third-order valence-electron chi connectivity index (χ3n) is 5.27. The largest absolute Gasteiger partial charge is 0.481 e. The molecule has 1 amide bonds. The number of alkyl halides is 3. The SMILES string of the molecule is CC(C(=O)O)c1ccc(NC(=O)/C(=C/N)c2ncccc2Cc2ccc(C(F)(F)F)cc2)cc1. The molecular weight excluding hydrogens is 447 g/mol. The van der Waals surface area contributed by atoms with Gasteiger partial charge in [-0.25, -0.2) is 0 Å². The van der Waals surface area contributed by atoms with E-state index < -0.39 is 29.5 Å². The van der Waals surface area contributed by atoms with E-state index in [9.17, 15) is 22.8 Å². The van der Waals surface area contributed by atoms with Gasteiger partial charge >= 0.3 is 12.1 Å². The zero-order valence-electron chi connectivity index (χ0n) is 18.1. The molecule has 176 valence electrons. The summed E-state index contributed by atoms with van der Waals surface area (Å²) in [7, 11) is 0. The fourth-order valence-corrected chi connectivity index (χ4v) is 3.31. The fourth-order valence-electron chi connectivity index (χ4n) is 3.31. The predicted molar refractivity (Wildman–Crippen MR) is 122 cm³/mol. The average molecular weight is 469 g/mol. The second-order valence-corrected chi connectivity index (χ2v) is 7.60. The summed E-state index contributed by atoms with van der Waals surface area (Å²) in [6.45, 7) is 1.56. The Morgan fingerprint density at radius 1 is 1.09 bits per heavy atom. The number of hydrogen-bond donors (Lipinski definition) is 3. The van der Waals surface area contributed by atoms with Crippen molar-refractivity contribution in [2.45, 2.75) is 25.4 Å². The maximum absolute atomic E-state index is 12.9. The number of nitrogens with zero attached hydrogens (tertiary/aromatic N) is 1. The van der Waals surface area contributed by atoms with Crippen molar-refractivity contribution in [3.8, 4) is 0 Å². The van der Waals surface area contributed by atoms with Gasteiger partial charge in [0.05, 0.1) is 22.7 Å². The minimum absolute atomic E-state index is 0.0884. The van der Waals surface area contributed by atoms with E-state index in [-0.39, 0.29) is 12.0 Å². The summed E-state index contributed by atoms with van der Waals surface area (Å²) >= 11 is 0. The second-order valence-electron chi connectivity index (χ2n) is 7.60. The Balaban J connectivity index is 1.79. The van der Waals surface area contributed by atoms with E-state index in [4.69, 9.17) is 10.8 Å². The van der Waals surface area contributed by atoms with Gasteiger partial charge in [0, 0.05) is 18.1 Å². The topological polar surface area (TPSA) is 105 Å². The van der Waals surface area contributed by atoms with Crippen LogP contribution in [0, 0.1) is 0 Å². The number of carboxylic acids is 1. The molecular formula is C25H22F3N3O3. The number of pyridine rings is 1. The first-order valence-corrected chi connectivity index (χ1v) is 10.3. The molecule has 1 aromatic heterocycles. The number of hydrogen-bond acceptors (Lipinski definition) is 4. The predicted octanol–water partition coefficient (Wildman–Crippen LogP) is 4.82. The lowest BCUT2D eigenvalue weighted by Gasteiger charge is -2.13. The van der Waals surface area contributed by atoms with Crippen LogP contribution < -0.4 is 11.1 Å². The zero-order valence-corrected chi connectivity index (χ0v) is 18.1. The summed E-state index contributed by atoms with van der Waals surface area (Å²) in [5, 5.41) is 11.8. The van der Waals surface area contributed by atoms with Crippen molar-refractivity contribution in [2.75, 3.05) is 5.32 Å². The van der Waals surface area contributed by atoms with Crippen LogP contribution in [0.2, 0.25) is 0 Å². The summed E-state index contributed by atoms with van der Waals surface area (Å²) in [6.07, 6.45) is -1.57. The molecule has 4 N–H and O–H groups in total. The Morgan fingerprint density at radius 3 is 2.29 bits per heavy atom. The van der Waals surface area contributed by atoms with Crippen molar-refractivity contribution in [3.63, 3.8) is 0 Å². The highest BCUT2D eigenvalue weighted by Gasteiger charge is 2.30. The molecule has 1 unspecified atom stereocenters. The molecule has 1 heterocycles. The number of carbonyl (C=O) groups excluding carboxylic acids is 1.